The molecule has 0 amide bonds. The molecule has 2 aromatic heterocycles. The Balaban J connectivity index is 0.00000205. The second-order valence-corrected chi connectivity index (χ2v) is 7.20. The van der Waals surface area contributed by atoms with Gasteiger partial charge in [-0.1, -0.05) is 5.21 Å². The van der Waals surface area contributed by atoms with Gasteiger partial charge in [0.15, 0.2) is 0 Å². The molecule has 29 heavy (non-hydrogen) atoms. The molecule has 0 spiro atoms. The zero-order chi connectivity index (χ0) is 19.4. The molecule has 0 bridgehead atoms. The van der Waals surface area contributed by atoms with E-state index in [1.807, 2.05) is 19.9 Å². The minimum atomic E-state index is -0.664. The maximum Gasteiger partial charge on any atom is 0.145 e. The first kappa shape index (κ1) is 20.0. The first-order valence-corrected chi connectivity index (χ1v) is 9.07. The number of benzene rings is 1. The summed E-state index contributed by atoms with van der Waals surface area (Å²) in [5.41, 5.74) is 5.74. The van der Waals surface area contributed by atoms with E-state index in [-0.39, 0.29) is 36.8 Å². The standard InChI is InChI=1S/C19H19F2N5O2.ClH/c1-10-5-12(11(2)28-10)7-25-8-16-19(23-25)27-9-17-18(22-24-26(16)17)14-4-3-13(20)6-15(14)21;/h3-6,16,19,23H,7-9H2,1-2H3;1H/t16-,19-;/m0./s1. The molecule has 7 nitrogen and oxygen atoms in total. The molecular weight excluding hydrogens is 404 g/mol. The molecule has 2 atom stereocenters. The van der Waals surface area contributed by atoms with Gasteiger partial charge in [-0.3, -0.25) is 0 Å². The number of hydrogen-bond donors (Lipinski definition) is 1. The molecule has 1 aromatic carbocycles. The quantitative estimate of drug-likeness (QED) is 0.697. The third-order valence-corrected chi connectivity index (χ3v) is 5.26. The second-order valence-electron chi connectivity index (χ2n) is 7.20. The smallest absolute Gasteiger partial charge is 0.145 e. The zero-order valence-electron chi connectivity index (χ0n) is 15.9. The van der Waals surface area contributed by atoms with Gasteiger partial charge in [-0.25, -0.2) is 23.9 Å². The van der Waals surface area contributed by atoms with Crippen LogP contribution in [0.4, 0.5) is 8.78 Å². The first-order chi connectivity index (χ1) is 13.5. The van der Waals surface area contributed by atoms with E-state index in [1.54, 1.807) is 4.68 Å². The van der Waals surface area contributed by atoms with Crippen LogP contribution in [0.2, 0.25) is 0 Å². The number of hydrazine groups is 1. The number of nitrogens with zero attached hydrogens (tertiary/aromatic N) is 4. The molecular formula is C19H20ClF2N5O2. The number of rotatable bonds is 3. The maximum atomic E-state index is 14.2. The molecule has 2 aliphatic heterocycles. The SMILES string of the molecule is Cc1cc(CN2C[C@H]3[C@@H](N2)OCc2c(-c4ccc(F)cc4F)nnn23)c(C)o1.Cl. The van der Waals surface area contributed by atoms with E-state index in [9.17, 15) is 8.78 Å². The molecule has 1 saturated heterocycles. The summed E-state index contributed by atoms with van der Waals surface area (Å²) in [6.45, 7) is 5.43. The summed E-state index contributed by atoms with van der Waals surface area (Å²) in [5.74, 6) is 0.483. The number of furan rings is 1. The van der Waals surface area contributed by atoms with Gasteiger partial charge in [0.2, 0.25) is 0 Å². The normalized spacial score (nSPS) is 21.0. The van der Waals surface area contributed by atoms with Gasteiger partial charge >= 0.3 is 0 Å². The minimum Gasteiger partial charge on any atom is -0.466 e. The Morgan fingerprint density at radius 3 is 2.79 bits per heavy atom. The van der Waals surface area contributed by atoms with Gasteiger partial charge in [-0.15, -0.1) is 17.5 Å². The van der Waals surface area contributed by atoms with Crippen LogP contribution >= 0.6 is 12.4 Å². The Morgan fingerprint density at radius 2 is 2.07 bits per heavy atom. The number of ether oxygens (including phenoxy) is 1. The van der Waals surface area contributed by atoms with Crippen LogP contribution in [0.3, 0.4) is 0 Å². The van der Waals surface area contributed by atoms with Crippen LogP contribution in [0.15, 0.2) is 28.7 Å². The maximum absolute atomic E-state index is 14.2. The summed E-state index contributed by atoms with van der Waals surface area (Å²) in [5, 5.41) is 10.5. The molecule has 5 rings (SSSR count). The van der Waals surface area contributed by atoms with Crippen LogP contribution in [-0.2, 0) is 17.9 Å². The topological polar surface area (TPSA) is 68.3 Å². The van der Waals surface area contributed by atoms with Gasteiger partial charge < -0.3 is 9.15 Å². The highest BCUT2D eigenvalue weighted by molar-refractivity contribution is 5.85. The number of nitrogens with one attached hydrogen (secondary N) is 1. The van der Waals surface area contributed by atoms with E-state index in [0.29, 0.717) is 24.5 Å². The van der Waals surface area contributed by atoms with E-state index >= 15 is 0 Å². The van der Waals surface area contributed by atoms with Crippen molar-refractivity contribution in [2.24, 2.45) is 0 Å². The van der Waals surface area contributed by atoms with E-state index in [2.05, 4.69) is 20.7 Å². The Labute approximate surface area is 172 Å². The highest BCUT2D eigenvalue weighted by Crippen LogP contribution is 2.34. The van der Waals surface area contributed by atoms with Crippen molar-refractivity contribution < 1.29 is 17.9 Å². The van der Waals surface area contributed by atoms with Gasteiger partial charge in [0, 0.05) is 30.3 Å². The fraction of sp³-hybridized carbons (Fsp3) is 0.368. The highest BCUT2D eigenvalue weighted by atomic mass is 35.5. The minimum absolute atomic E-state index is 0. The lowest BCUT2D eigenvalue weighted by Crippen LogP contribution is -2.39. The van der Waals surface area contributed by atoms with E-state index in [1.165, 1.54) is 12.1 Å². The molecule has 0 radical (unpaired) electrons. The number of aromatic nitrogens is 3. The number of halogens is 3. The Bertz CT molecular complexity index is 1050. The van der Waals surface area contributed by atoms with E-state index in [4.69, 9.17) is 9.15 Å². The lowest BCUT2D eigenvalue weighted by Gasteiger charge is -2.26. The van der Waals surface area contributed by atoms with Crippen LogP contribution in [0.25, 0.3) is 11.3 Å². The van der Waals surface area contributed by atoms with Crippen molar-refractivity contribution in [3.63, 3.8) is 0 Å². The van der Waals surface area contributed by atoms with Crippen LogP contribution in [-0.4, -0.2) is 32.8 Å². The van der Waals surface area contributed by atoms with E-state index in [0.717, 1.165) is 23.2 Å². The third kappa shape index (κ3) is 3.44. The number of hydrogen-bond acceptors (Lipinski definition) is 6. The van der Waals surface area contributed by atoms with Crippen molar-refractivity contribution in [1.82, 2.24) is 25.4 Å². The molecule has 0 saturated carbocycles. The summed E-state index contributed by atoms with van der Waals surface area (Å²) >= 11 is 0. The fourth-order valence-electron chi connectivity index (χ4n) is 3.92. The average molecular weight is 424 g/mol. The summed E-state index contributed by atoms with van der Waals surface area (Å²) in [6, 6.07) is 5.37. The van der Waals surface area contributed by atoms with Crippen molar-refractivity contribution in [2.45, 2.75) is 39.3 Å². The van der Waals surface area contributed by atoms with Crippen molar-refractivity contribution >= 4 is 12.4 Å². The van der Waals surface area contributed by atoms with Gasteiger partial charge in [-0.05, 0) is 32.0 Å². The summed E-state index contributed by atoms with van der Waals surface area (Å²) in [4.78, 5) is 0. The van der Waals surface area contributed by atoms with Crippen LogP contribution < -0.4 is 5.43 Å². The number of aryl methyl sites for hydroxylation is 2. The van der Waals surface area contributed by atoms with E-state index < -0.39 is 11.6 Å². The number of fused-ring (bicyclic) bond motifs is 3. The molecule has 1 N–H and O–H groups in total. The molecule has 10 heteroatoms. The fourth-order valence-corrected chi connectivity index (χ4v) is 3.92. The van der Waals surface area contributed by atoms with Crippen LogP contribution in [0.5, 0.6) is 0 Å². The van der Waals surface area contributed by atoms with Gasteiger partial charge in [0.25, 0.3) is 0 Å². The highest BCUT2D eigenvalue weighted by Gasteiger charge is 2.41. The predicted octanol–water partition coefficient (Wildman–Crippen LogP) is 3.27. The van der Waals surface area contributed by atoms with Gasteiger partial charge in [0.05, 0.1) is 12.3 Å². The average Bonchev–Trinajstić information content (AvgIpc) is 3.31. The Hall–Kier alpha value is -2.33. The molecule has 0 unspecified atom stereocenters. The second kappa shape index (κ2) is 7.49. The van der Waals surface area contributed by atoms with Gasteiger partial charge in [0.1, 0.15) is 41.1 Å². The molecule has 1 fully saturated rings. The van der Waals surface area contributed by atoms with Crippen molar-refractivity contribution in [2.75, 3.05) is 6.54 Å². The van der Waals surface area contributed by atoms with Crippen molar-refractivity contribution in [3.05, 3.63) is 58.7 Å². The lowest BCUT2D eigenvalue weighted by molar-refractivity contribution is -0.0350. The van der Waals surface area contributed by atoms with Crippen molar-refractivity contribution in [1.29, 1.82) is 0 Å². The molecule has 154 valence electrons. The van der Waals surface area contributed by atoms with Crippen LogP contribution in [0.1, 0.15) is 28.8 Å². The predicted molar refractivity (Wildman–Crippen MR) is 102 cm³/mol. The molecule has 4 heterocycles. The molecule has 3 aromatic rings. The first-order valence-electron chi connectivity index (χ1n) is 9.07. The lowest BCUT2D eigenvalue weighted by atomic mass is 10.1. The summed E-state index contributed by atoms with van der Waals surface area (Å²) in [7, 11) is 0. The monoisotopic (exact) mass is 423 g/mol. The largest absolute Gasteiger partial charge is 0.466 e. The van der Waals surface area contributed by atoms with Crippen molar-refractivity contribution in [3.8, 4) is 11.3 Å². The molecule has 2 aliphatic rings. The summed E-state index contributed by atoms with van der Waals surface area (Å²) < 4.78 is 40.8. The molecule has 0 aliphatic carbocycles. The zero-order valence-corrected chi connectivity index (χ0v) is 16.7. The Morgan fingerprint density at radius 1 is 1.24 bits per heavy atom. The Kier molecular flexibility index (Phi) is 5.16. The summed E-state index contributed by atoms with van der Waals surface area (Å²) in [6.07, 6.45) is -0.242. The van der Waals surface area contributed by atoms with Crippen LogP contribution in [0, 0.1) is 25.5 Å². The third-order valence-electron chi connectivity index (χ3n) is 5.26. The van der Waals surface area contributed by atoms with Gasteiger partial charge in [-0.2, -0.15) is 0 Å².